The van der Waals surface area contributed by atoms with Crippen LogP contribution in [0.5, 0.6) is 0 Å². The highest BCUT2D eigenvalue weighted by Crippen LogP contribution is 2.23. The van der Waals surface area contributed by atoms with Gasteiger partial charge in [0.15, 0.2) is 0 Å². The highest BCUT2D eigenvalue weighted by atomic mass is 16.5. The third kappa shape index (κ3) is 6.65. The van der Waals surface area contributed by atoms with Crippen molar-refractivity contribution >= 4 is 23.7 Å². The number of rotatable bonds is 12. The van der Waals surface area contributed by atoms with Gasteiger partial charge in [0.2, 0.25) is 5.91 Å². The highest BCUT2D eigenvalue weighted by molar-refractivity contribution is 6.21. The fourth-order valence-electron chi connectivity index (χ4n) is 4.74. The van der Waals surface area contributed by atoms with E-state index in [9.17, 15) is 19.2 Å². The molecule has 0 unspecified atom stereocenters. The Morgan fingerprint density at radius 1 is 0.848 bits per heavy atom. The third-order valence-corrected chi connectivity index (χ3v) is 6.78. The predicted octanol–water partition coefficient (Wildman–Crippen LogP) is 4.21. The van der Waals surface area contributed by atoms with Crippen LogP contribution in [0, 0.1) is 5.92 Å². The number of benzene rings is 1. The van der Waals surface area contributed by atoms with Gasteiger partial charge in [-0.05, 0) is 37.8 Å². The number of unbranched alkanes of at least 4 members (excludes halogenated alkanes) is 7. The lowest BCUT2D eigenvalue weighted by atomic mass is 9.96. The number of imide groups is 1. The van der Waals surface area contributed by atoms with Crippen LogP contribution in [0.1, 0.15) is 91.3 Å². The summed E-state index contributed by atoms with van der Waals surface area (Å²) in [5.74, 6) is -0.361. The minimum Gasteiger partial charge on any atom is -0.469 e. The van der Waals surface area contributed by atoms with E-state index >= 15 is 0 Å². The number of likely N-dealkylation sites (tertiary alicyclic amines) is 1. The summed E-state index contributed by atoms with van der Waals surface area (Å²) in [5, 5.41) is 0. The van der Waals surface area contributed by atoms with Crippen molar-refractivity contribution in [3.63, 3.8) is 0 Å². The molecular weight excluding hydrogens is 420 g/mol. The first-order valence-electron chi connectivity index (χ1n) is 12.3. The summed E-state index contributed by atoms with van der Waals surface area (Å²) in [6, 6.07) is 7.02. The zero-order valence-electron chi connectivity index (χ0n) is 19.7. The van der Waals surface area contributed by atoms with Gasteiger partial charge < -0.3 is 9.64 Å². The van der Waals surface area contributed by atoms with Gasteiger partial charge >= 0.3 is 5.97 Å². The summed E-state index contributed by atoms with van der Waals surface area (Å²) >= 11 is 0. The predicted molar refractivity (Wildman–Crippen MR) is 125 cm³/mol. The Bertz CT molecular complexity index is 810. The van der Waals surface area contributed by atoms with Gasteiger partial charge in [-0.3, -0.25) is 24.1 Å². The van der Waals surface area contributed by atoms with Gasteiger partial charge in [-0.2, -0.15) is 0 Å². The van der Waals surface area contributed by atoms with Crippen LogP contribution in [-0.4, -0.2) is 60.2 Å². The Balaban J connectivity index is 1.17. The average Bonchev–Trinajstić information content (AvgIpc) is 3.09. The van der Waals surface area contributed by atoms with Gasteiger partial charge in [-0.15, -0.1) is 0 Å². The largest absolute Gasteiger partial charge is 0.469 e. The van der Waals surface area contributed by atoms with Gasteiger partial charge in [0, 0.05) is 26.1 Å². The first-order valence-corrected chi connectivity index (χ1v) is 12.3. The SMILES string of the molecule is COC(=O)C1CCN(C(=O)CCCCCCCCCCN2C(=O)c3ccccc3C2=O)CC1. The maximum atomic E-state index is 12.3. The molecule has 3 amide bonds. The van der Waals surface area contributed by atoms with Crippen LogP contribution in [0.25, 0.3) is 0 Å². The molecule has 2 heterocycles. The van der Waals surface area contributed by atoms with E-state index in [0.717, 1.165) is 51.4 Å². The quantitative estimate of drug-likeness (QED) is 0.267. The number of amides is 3. The summed E-state index contributed by atoms with van der Waals surface area (Å²) in [6.07, 6.45) is 10.3. The van der Waals surface area contributed by atoms with Crippen molar-refractivity contribution in [2.24, 2.45) is 5.92 Å². The van der Waals surface area contributed by atoms with E-state index < -0.39 is 0 Å². The smallest absolute Gasteiger partial charge is 0.308 e. The second kappa shape index (κ2) is 12.5. The standard InChI is InChI=1S/C26H36N2O5/c1-33-26(32)20-15-18-27(19-16-20)23(29)14-8-6-4-2-3-5-7-11-17-28-24(30)21-12-9-10-13-22(21)25(28)31/h9-10,12-13,20H,2-8,11,14-19H2,1H3. The second-order valence-corrected chi connectivity index (χ2v) is 9.06. The number of nitrogens with zero attached hydrogens (tertiary/aromatic N) is 2. The molecule has 3 rings (SSSR count). The molecule has 0 spiro atoms. The molecule has 7 heteroatoms. The number of hydrogen-bond donors (Lipinski definition) is 0. The van der Waals surface area contributed by atoms with Crippen molar-refractivity contribution in [1.29, 1.82) is 0 Å². The monoisotopic (exact) mass is 456 g/mol. The van der Waals surface area contributed by atoms with E-state index in [-0.39, 0.29) is 29.6 Å². The van der Waals surface area contributed by atoms with Crippen LogP contribution in [0.2, 0.25) is 0 Å². The number of carbonyl (C=O) groups excluding carboxylic acids is 4. The summed E-state index contributed by atoms with van der Waals surface area (Å²) in [5.41, 5.74) is 1.04. The van der Waals surface area contributed by atoms with Gasteiger partial charge in [-0.25, -0.2) is 0 Å². The first-order chi connectivity index (χ1) is 16.0. The Morgan fingerprint density at radius 2 is 1.36 bits per heavy atom. The number of hydrogen-bond acceptors (Lipinski definition) is 5. The van der Waals surface area contributed by atoms with Crippen LogP contribution in [0.4, 0.5) is 0 Å². The van der Waals surface area contributed by atoms with E-state index in [2.05, 4.69) is 0 Å². The Morgan fingerprint density at radius 3 is 1.91 bits per heavy atom. The molecule has 33 heavy (non-hydrogen) atoms. The summed E-state index contributed by atoms with van der Waals surface area (Å²) in [4.78, 5) is 51.8. The zero-order chi connectivity index (χ0) is 23.6. The van der Waals surface area contributed by atoms with Crippen molar-refractivity contribution in [2.75, 3.05) is 26.7 Å². The van der Waals surface area contributed by atoms with Crippen molar-refractivity contribution < 1.29 is 23.9 Å². The molecule has 0 atom stereocenters. The lowest BCUT2D eigenvalue weighted by molar-refractivity contribution is -0.148. The summed E-state index contributed by atoms with van der Waals surface area (Å²) < 4.78 is 4.79. The van der Waals surface area contributed by atoms with Crippen LogP contribution in [-0.2, 0) is 14.3 Å². The Kier molecular flexibility index (Phi) is 9.46. The molecule has 7 nitrogen and oxygen atoms in total. The van der Waals surface area contributed by atoms with Gasteiger partial charge in [0.1, 0.15) is 0 Å². The summed E-state index contributed by atoms with van der Waals surface area (Å²) in [6.45, 7) is 1.80. The molecule has 1 saturated heterocycles. The molecule has 180 valence electrons. The molecule has 0 aromatic heterocycles. The lowest BCUT2D eigenvalue weighted by Gasteiger charge is -2.30. The number of esters is 1. The van der Waals surface area contributed by atoms with Crippen LogP contribution >= 0.6 is 0 Å². The van der Waals surface area contributed by atoms with E-state index in [1.165, 1.54) is 12.0 Å². The molecule has 1 aromatic carbocycles. The number of carbonyl (C=O) groups is 4. The topological polar surface area (TPSA) is 84.0 Å². The number of ether oxygens (including phenoxy) is 1. The molecule has 1 aromatic rings. The molecule has 2 aliphatic heterocycles. The normalized spacial score (nSPS) is 16.3. The lowest BCUT2D eigenvalue weighted by Crippen LogP contribution is -2.40. The molecule has 2 aliphatic rings. The maximum Gasteiger partial charge on any atom is 0.308 e. The van der Waals surface area contributed by atoms with E-state index in [1.54, 1.807) is 24.3 Å². The minimum atomic E-state index is -0.169. The maximum absolute atomic E-state index is 12.3. The average molecular weight is 457 g/mol. The molecule has 0 saturated carbocycles. The van der Waals surface area contributed by atoms with E-state index in [1.807, 2.05) is 4.90 Å². The number of piperidine rings is 1. The van der Waals surface area contributed by atoms with Crippen molar-refractivity contribution in [1.82, 2.24) is 9.80 Å². The zero-order valence-corrected chi connectivity index (χ0v) is 19.7. The fraction of sp³-hybridized carbons (Fsp3) is 0.615. The van der Waals surface area contributed by atoms with Crippen molar-refractivity contribution in [3.05, 3.63) is 35.4 Å². The molecule has 0 bridgehead atoms. The van der Waals surface area contributed by atoms with Crippen molar-refractivity contribution in [2.45, 2.75) is 70.6 Å². The van der Waals surface area contributed by atoms with E-state index in [4.69, 9.17) is 4.74 Å². The van der Waals surface area contributed by atoms with Gasteiger partial charge in [0.05, 0.1) is 24.2 Å². The Hall–Kier alpha value is -2.70. The van der Waals surface area contributed by atoms with Crippen LogP contribution < -0.4 is 0 Å². The molecule has 1 fully saturated rings. The number of fused-ring (bicyclic) bond motifs is 1. The van der Waals surface area contributed by atoms with Crippen molar-refractivity contribution in [3.8, 4) is 0 Å². The fourth-order valence-corrected chi connectivity index (χ4v) is 4.74. The molecule has 0 radical (unpaired) electrons. The summed E-state index contributed by atoms with van der Waals surface area (Å²) in [7, 11) is 1.41. The molecular formula is C26H36N2O5. The minimum absolute atomic E-state index is 0.0633. The molecule has 0 aliphatic carbocycles. The third-order valence-electron chi connectivity index (χ3n) is 6.78. The van der Waals surface area contributed by atoms with E-state index in [0.29, 0.717) is 50.0 Å². The second-order valence-electron chi connectivity index (χ2n) is 9.06. The molecule has 0 N–H and O–H groups in total. The Labute approximate surface area is 196 Å². The van der Waals surface area contributed by atoms with Gasteiger partial charge in [0.25, 0.3) is 11.8 Å². The number of methoxy groups -OCH3 is 1. The van der Waals surface area contributed by atoms with Crippen LogP contribution in [0.15, 0.2) is 24.3 Å². The first kappa shape index (κ1) is 24.9. The van der Waals surface area contributed by atoms with Crippen LogP contribution in [0.3, 0.4) is 0 Å². The highest BCUT2D eigenvalue weighted by Gasteiger charge is 2.34. The van der Waals surface area contributed by atoms with Gasteiger partial charge in [-0.1, -0.05) is 50.7 Å².